The van der Waals surface area contributed by atoms with Gasteiger partial charge in [-0.1, -0.05) is 0 Å². The number of aliphatic hydroxyl groups is 1. The molecule has 0 aliphatic carbocycles. The average molecular weight is 216 g/mol. The molecule has 0 spiro atoms. The summed E-state index contributed by atoms with van der Waals surface area (Å²) in [5, 5.41) is 8.98. The molecule has 1 heterocycles. The van der Waals surface area contributed by atoms with Crippen LogP contribution in [0.4, 0.5) is 8.78 Å². The van der Waals surface area contributed by atoms with Crippen LogP contribution >= 0.6 is 0 Å². The van der Waals surface area contributed by atoms with E-state index < -0.39 is 12.5 Å². The number of fused-ring (bicyclic) bond motifs is 1. The lowest BCUT2D eigenvalue weighted by Crippen LogP contribution is -2.10. The van der Waals surface area contributed by atoms with Crippen molar-refractivity contribution in [3.05, 3.63) is 23.3 Å². The molecule has 0 fully saturated rings. The number of rotatable bonds is 2. The first-order valence-corrected chi connectivity index (χ1v) is 4.44. The number of ether oxygens (including phenoxy) is 2. The Morgan fingerprint density at radius 2 is 1.93 bits per heavy atom. The molecule has 2 rings (SSSR count). The zero-order valence-electron chi connectivity index (χ0n) is 8.09. The van der Waals surface area contributed by atoms with Gasteiger partial charge in [0, 0.05) is 12.5 Å². The van der Waals surface area contributed by atoms with Crippen molar-refractivity contribution in [2.45, 2.75) is 19.5 Å². The lowest BCUT2D eigenvalue weighted by molar-refractivity contribution is 0.0152. The largest absolute Gasteiger partial charge is 0.454 e. The molecule has 0 radical (unpaired) electrons. The Labute approximate surface area is 85.2 Å². The molecule has 1 aliphatic heterocycles. The summed E-state index contributed by atoms with van der Waals surface area (Å²) in [4.78, 5) is 0. The van der Waals surface area contributed by atoms with Gasteiger partial charge in [-0.05, 0) is 17.7 Å². The molecular weight excluding hydrogens is 206 g/mol. The van der Waals surface area contributed by atoms with Crippen LogP contribution in [-0.2, 0) is 12.5 Å². The maximum absolute atomic E-state index is 13.2. The van der Waals surface area contributed by atoms with E-state index in [-0.39, 0.29) is 17.9 Å². The van der Waals surface area contributed by atoms with Crippen LogP contribution in [0.3, 0.4) is 0 Å². The molecule has 0 atom stereocenters. The molecule has 0 saturated carbocycles. The minimum atomic E-state index is -3.00. The third-order valence-electron chi connectivity index (χ3n) is 2.24. The lowest BCUT2D eigenvalue weighted by atomic mass is 10.0. The van der Waals surface area contributed by atoms with Gasteiger partial charge in [-0.25, -0.2) is 8.78 Å². The number of alkyl halides is 2. The zero-order chi connectivity index (χ0) is 11.1. The first-order chi connectivity index (χ1) is 7.02. The highest BCUT2D eigenvalue weighted by Gasteiger charge is 2.30. The Bertz CT molecular complexity index is 385. The molecule has 0 unspecified atom stereocenters. The summed E-state index contributed by atoms with van der Waals surface area (Å²) < 4.78 is 36.4. The second-order valence-corrected chi connectivity index (χ2v) is 3.41. The minimum Gasteiger partial charge on any atom is -0.454 e. The second-order valence-electron chi connectivity index (χ2n) is 3.41. The summed E-state index contributed by atoms with van der Waals surface area (Å²) in [6, 6.07) is 2.60. The quantitative estimate of drug-likeness (QED) is 0.821. The summed E-state index contributed by atoms with van der Waals surface area (Å²) in [6.45, 7) is 0.359. The average Bonchev–Trinajstić information content (AvgIpc) is 2.60. The summed E-state index contributed by atoms with van der Waals surface area (Å²) in [5.74, 6) is -2.31. The predicted molar refractivity (Wildman–Crippen MR) is 48.1 cm³/mol. The van der Waals surface area contributed by atoms with Crippen molar-refractivity contribution in [3.8, 4) is 11.5 Å². The number of benzene rings is 1. The van der Waals surface area contributed by atoms with Crippen molar-refractivity contribution >= 4 is 0 Å². The highest BCUT2D eigenvalue weighted by Crippen LogP contribution is 2.40. The van der Waals surface area contributed by atoms with Crippen LogP contribution in [0.5, 0.6) is 11.5 Å². The maximum atomic E-state index is 13.2. The molecule has 3 nitrogen and oxygen atoms in total. The topological polar surface area (TPSA) is 38.7 Å². The molecule has 0 saturated heterocycles. The van der Waals surface area contributed by atoms with Gasteiger partial charge in [0.25, 0.3) is 5.92 Å². The Morgan fingerprint density at radius 1 is 1.33 bits per heavy atom. The fraction of sp³-hybridized carbons (Fsp3) is 0.400. The Hall–Kier alpha value is -1.36. The van der Waals surface area contributed by atoms with Crippen LogP contribution in [0.25, 0.3) is 0 Å². The summed E-state index contributed by atoms with van der Waals surface area (Å²) in [5.41, 5.74) is -0.0685. The van der Waals surface area contributed by atoms with Gasteiger partial charge in [0.2, 0.25) is 6.79 Å². The van der Waals surface area contributed by atoms with E-state index in [9.17, 15) is 8.78 Å². The monoisotopic (exact) mass is 216 g/mol. The van der Waals surface area contributed by atoms with Crippen LogP contribution in [0.1, 0.15) is 18.1 Å². The van der Waals surface area contributed by atoms with Crippen LogP contribution < -0.4 is 9.47 Å². The van der Waals surface area contributed by atoms with Crippen LogP contribution in [0.15, 0.2) is 12.1 Å². The van der Waals surface area contributed by atoms with E-state index in [0.717, 1.165) is 6.92 Å². The number of aliphatic hydroxyl groups excluding tert-OH is 1. The molecule has 0 bridgehead atoms. The third kappa shape index (κ3) is 1.74. The lowest BCUT2D eigenvalue weighted by Gasteiger charge is -2.15. The van der Waals surface area contributed by atoms with Gasteiger partial charge in [-0.3, -0.25) is 0 Å². The molecular formula is C10H10F2O3. The van der Waals surface area contributed by atoms with Crippen LogP contribution in [-0.4, -0.2) is 11.9 Å². The highest BCUT2D eigenvalue weighted by atomic mass is 19.3. The first-order valence-electron chi connectivity index (χ1n) is 4.44. The smallest absolute Gasteiger partial charge is 0.271 e. The normalized spacial score (nSPS) is 14.4. The van der Waals surface area contributed by atoms with Gasteiger partial charge in [-0.15, -0.1) is 0 Å². The summed E-state index contributed by atoms with van der Waals surface area (Å²) in [7, 11) is 0. The van der Waals surface area contributed by atoms with Crippen molar-refractivity contribution in [1.82, 2.24) is 0 Å². The van der Waals surface area contributed by atoms with E-state index in [4.69, 9.17) is 14.6 Å². The van der Waals surface area contributed by atoms with E-state index in [1.54, 1.807) is 0 Å². The van der Waals surface area contributed by atoms with Crippen molar-refractivity contribution in [2.24, 2.45) is 0 Å². The third-order valence-corrected chi connectivity index (χ3v) is 2.24. The zero-order valence-corrected chi connectivity index (χ0v) is 8.09. The first kappa shape index (κ1) is 10.2. The van der Waals surface area contributed by atoms with Crippen molar-refractivity contribution in [3.63, 3.8) is 0 Å². The molecule has 15 heavy (non-hydrogen) atoms. The fourth-order valence-electron chi connectivity index (χ4n) is 1.52. The van der Waals surface area contributed by atoms with E-state index >= 15 is 0 Å². The maximum Gasteiger partial charge on any atom is 0.271 e. The molecule has 1 aliphatic rings. The minimum absolute atomic E-state index is 0.0267. The predicted octanol–water partition coefficient (Wildman–Crippen LogP) is 2.02. The van der Waals surface area contributed by atoms with Crippen molar-refractivity contribution in [1.29, 1.82) is 0 Å². The van der Waals surface area contributed by atoms with Gasteiger partial charge in [0.15, 0.2) is 11.5 Å². The Kier molecular flexibility index (Phi) is 2.26. The molecule has 0 aromatic heterocycles. The SMILES string of the molecule is CC(F)(F)c1cc2c(cc1CO)OCO2. The fourth-order valence-corrected chi connectivity index (χ4v) is 1.52. The second kappa shape index (κ2) is 3.34. The van der Waals surface area contributed by atoms with Gasteiger partial charge in [0.1, 0.15) is 0 Å². The van der Waals surface area contributed by atoms with E-state index in [2.05, 4.69) is 0 Å². The summed E-state index contributed by atoms with van der Waals surface area (Å²) >= 11 is 0. The van der Waals surface area contributed by atoms with Gasteiger partial charge in [-0.2, -0.15) is 0 Å². The van der Waals surface area contributed by atoms with E-state index in [1.807, 2.05) is 0 Å². The Morgan fingerprint density at radius 3 is 2.47 bits per heavy atom. The molecule has 0 amide bonds. The Balaban J connectivity index is 2.54. The van der Waals surface area contributed by atoms with E-state index in [0.29, 0.717) is 11.5 Å². The van der Waals surface area contributed by atoms with Gasteiger partial charge in [0.05, 0.1) is 6.61 Å². The number of hydrogen-bond acceptors (Lipinski definition) is 3. The van der Waals surface area contributed by atoms with Crippen molar-refractivity contribution in [2.75, 3.05) is 6.79 Å². The number of halogens is 2. The molecule has 1 aromatic rings. The molecule has 1 N–H and O–H groups in total. The highest BCUT2D eigenvalue weighted by molar-refractivity contribution is 5.49. The van der Waals surface area contributed by atoms with Crippen molar-refractivity contribution < 1.29 is 23.4 Å². The standard InChI is InChI=1S/C10H10F2O3/c1-10(11,12)7-3-9-8(14-5-15-9)2-6(7)4-13/h2-3,13H,4-5H2,1H3. The molecule has 5 heteroatoms. The number of hydrogen-bond donors (Lipinski definition) is 1. The van der Waals surface area contributed by atoms with Gasteiger partial charge < -0.3 is 14.6 Å². The van der Waals surface area contributed by atoms with E-state index in [1.165, 1.54) is 12.1 Å². The molecule has 82 valence electrons. The van der Waals surface area contributed by atoms with Gasteiger partial charge >= 0.3 is 0 Å². The summed E-state index contributed by atoms with van der Waals surface area (Å²) in [6.07, 6.45) is 0. The van der Waals surface area contributed by atoms with Crippen LogP contribution in [0, 0.1) is 0 Å². The molecule has 1 aromatic carbocycles. The van der Waals surface area contributed by atoms with Crippen LogP contribution in [0.2, 0.25) is 0 Å².